The molecule has 0 atom stereocenters. The molecule has 0 saturated carbocycles. The Labute approximate surface area is 418 Å². The van der Waals surface area contributed by atoms with Gasteiger partial charge in [0.1, 0.15) is 5.58 Å². The summed E-state index contributed by atoms with van der Waals surface area (Å²) in [4.78, 5) is 9.46. The molecule has 3 heterocycles. The molecule has 66 heavy (non-hydrogen) atoms. The van der Waals surface area contributed by atoms with Crippen LogP contribution in [0.3, 0.4) is 0 Å². The second-order valence-electron chi connectivity index (χ2n) is 17.8. The number of hydrogen-bond acceptors (Lipinski definition) is 3. The number of fused-ring (bicyclic) bond motifs is 4. The predicted molar refractivity (Wildman–Crippen MR) is 273 cm³/mol. The van der Waals surface area contributed by atoms with Crippen molar-refractivity contribution >= 4 is 33.0 Å². The van der Waals surface area contributed by atoms with Crippen molar-refractivity contribution < 1.29 is 38.2 Å². The van der Waals surface area contributed by atoms with Crippen LogP contribution in [0.25, 0.3) is 83.6 Å². The summed E-state index contributed by atoms with van der Waals surface area (Å²) < 4.78 is 90.6. The molecule has 0 aliphatic carbocycles. The summed E-state index contributed by atoms with van der Waals surface area (Å²) in [7, 11) is 0. The van der Waals surface area contributed by atoms with Gasteiger partial charge in [-0.3, -0.25) is 4.98 Å². The zero-order chi connectivity index (χ0) is 54.0. The third kappa shape index (κ3) is 9.47. The van der Waals surface area contributed by atoms with Crippen molar-refractivity contribution in [1.29, 1.82) is 0 Å². The molecule has 0 N–H and O–H groups in total. The fraction of sp³-hybridized carbons (Fsp3) is 0.213. The summed E-state index contributed by atoms with van der Waals surface area (Å²) in [5.41, 5.74) is 10.9. The molecule has 333 valence electrons. The minimum absolute atomic E-state index is 0. The average molecular weight is 1050 g/mol. The maximum Gasteiger partial charge on any atom is 0.123 e. The van der Waals surface area contributed by atoms with Gasteiger partial charge in [-0.05, 0) is 105 Å². The fourth-order valence-electron chi connectivity index (χ4n) is 8.28. The van der Waals surface area contributed by atoms with Crippen LogP contribution in [-0.2, 0) is 26.5 Å². The van der Waals surface area contributed by atoms with E-state index in [0.29, 0.717) is 50.4 Å². The first-order valence-electron chi connectivity index (χ1n) is 26.8. The number of rotatable bonds is 8. The molecule has 0 aliphatic rings. The molecule has 7 aromatic carbocycles. The molecule has 0 spiro atoms. The first kappa shape index (κ1) is 34.9. The van der Waals surface area contributed by atoms with Gasteiger partial charge in [0.2, 0.25) is 0 Å². The number of aromatic nitrogens is 3. The molecule has 3 aromatic heterocycles. The Hall–Kier alpha value is -6.39. The smallest absolute Gasteiger partial charge is 0.123 e. The third-order valence-corrected chi connectivity index (χ3v) is 11.4. The van der Waals surface area contributed by atoms with Crippen LogP contribution >= 0.6 is 0 Å². The van der Waals surface area contributed by atoms with Gasteiger partial charge in [0, 0.05) is 51.1 Å². The molecule has 4 nitrogen and oxygen atoms in total. The van der Waals surface area contributed by atoms with Crippen LogP contribution in [0.4, 0.5) is 0 Å². The third-order valence-electron chi connectivity index (χ3n) is 11.4. The largest absolute Gasteiger partial charge is 0.500 e. The molecule has 0 aliphatic heterocycles. The van der Waals surface area contributed by atoms with Gasteiger partial charge >= 0.3 is 0 Å². The number of furan rings is 1. The zero-order valence-electron chi connectivity index (χ0n) is 48.1. The van der Waals surface area contributed by atoms with Crippen molar-refractivity contribution in [3.05, 3.63) is 198 Å². The maximum absolute atomic E-state index is 9.52. The number of hydrogen-bond donors (Lipinski definition) is 0. The molecule has 0 bridgehead atoms. The van der Waals surface area contributed by atoms with E-state index in [1.807, 2.05) is 114 Å². The molecule has 1 radical (unpaired) electrons. The summed E-state index contributed by atoms with van der Waals surface area (Å²) in [5.74, 6) is -1.64. The molecule has 10 aromatic rings. The summed E-state index contributed by atoms with van der Waals surface area (Å²) in [5, 5.41) is 1.45. The van der Waals surface area contributed by atoms with Crippen molar-refractivity contribution in [2.24, 2.45) is 5.41 Å². The van der Waals surface area contributed by atoms with Gasteiger partial charge < -0.3 is 14.0 Å². The van der Waals surface area contributed by atoms with Crippen LogP contribution in [0.2, 0.25) is 0 Å². The van der Waals surface area contributed by atoms with Gasteiger partial charge in [-0.25, -0.2) is 0 Å². The van der Waals surface area contributed by atoms with Crippen LogP contribution in [0, 0.1) is 31.3 Å². The van der Waals surface area contributed by atoms with Crippen LogP contribution in [-0.4, -0.2) is 14.5 Å². The van der Waals surface area contributed by atoms with Crippen molar-refractivity contribution in [1.82, 2.24) is 14.5 Å². The molecule has 5 heteroatoms. The van der Waals surface area contributed by atoms with Crippen LogP contribution in [0.15, 0.2) is 162 Å². The molecule has 10 rings (SSSR count). The van der Waals surface area contributed by atoms with Gasteiger partial charge in [0.25, 0.3) is 0 Å². The second-order valence-corrected chi connectivity index (χ2v) is 17.8. The van der Waals surface area contributed by atoms with Crippen LogP contribution < -0.4 is 0 Å². The molecule has 0 amide bonds. The van der Waals surface area contributed by atoms with Crippen molar-refractivity contribution in [2.45, 2.75) is 80.3 Å². The van der Waals surface area contributed by atoms with E-state index in [9.17, 15) is 2.74 Å². The van der Waals surface area contributed by atoms with Gasteiger partial charge in [-0.2, -0.15) is 0 Å². The van der Waals surface area contributed by atoms with E-state index in [0.717, 1.165) is 49.8 Å². The molecular weight excluding hydrogens is 983 g/mol. The van der Waals surface area contributed by atoms with E-state index < -0.39 is 37.3 Å². The number of para-hydroxylation sites is 3. The number of nitrogens with zero attached hydrogens (tertiary/aromatic N) is 3. The van der Waals surface area contributed by atoms with Gasteiger partial charge in [0.15, 0.2) is 0 Å². The minimum atomic E-state index is -2.36. The molecule has 0 saturated heterocycles. The molecule has 0 unspecified atom stereocenters. The average Bonchev–Trinajstić information content (AvgIpc) is 3.94. The first-order chi connectivity index (χ1) is 35.1. The molecular formula is C61H57IrN3O-2. The maximum atomic E-state index is 9.52. The van der Waals surface area contributed by atoms with E-state index in [2.05, 4.69) is 65.6 Å². The van der Waals surface area contributed by atoms with Crippen molar-refractivity contribution in [2.75, 3.05) is 0 Å². The molecule has 0 fully saturated rings. The van der Waals surface area contributed by atoms with E-state index in [4.69, 9.17) is 20.4 Å². The number of pyridine rings is 1. The summed E-state index contributed by atoms with van der Waals surface area (Å²) in [6.07, 6.45) is 0.0411. The predicted octanol–water partition coefficient (Wildman–Crippen LogP) is 16.7. The Morgan fingerprint density at radius 3 is 2.02 bits per heavy atom. The standard InChI is InChI=1S/C44H37N2O.C17H20N.Ir/c1-27(2)37-25-33(32-23-21-31(22-24-32)30-14-7-6-8-15-30)26-38(28(3)4)41(37)46-40-20-10-9-19-39(40)45-44(46)36-18-12-17-35-34-16-11-13-29(5)42(34)47-43(35)36;1-13-5-8-15(9-6-13)16-10-7-14(12-18-16)11-17(2,3)4;/h6-17,19-28H,1-5H3;5-8,10,12H,11H2,1-4H3;/q2*-1;/i5D3,27D,28D;1D3,11D2;. The number of imidazole rings is 1. The first-order valence-corrected chi connectivity index (χ1v) is 21.8. The summed E-state index contributed by atoms with van der Waals surface area (Å²) in [6.45, 7) is 8.53. The van der Waals surface area contributed by atoms with Crippen LogP contribution in [0.1, 0.15) is 102 Å². The topological polar surface area (TPSA) is 43.9 Å². The quantitative estimate of drug-likeness (QED) is 0.142. The van der Waals surface area contributed by atoms with Crippen molar-refractivity contribution in [3.63, 3.8) is 0 Å². The Bertz CT molecular complexity index is 3660. The normalized spacial score (nSPS) is 14.8. The van der Waals surface area contributed by atoms with Crippen LogP contribution in [0.5, 0.6) is 0 Å². The summed E-state index contributed by atoms with van der Waals surface area (Å²) in [6, 6.07) is 54.0. The van der Waals surface area contributed by atoms with E-state index in [1.54, 1.807) is 36.4 Å². The van der Waals surface area contributed by atoms with Gasteiger partial charge in [-0.1, -0.05) is 163 Å². The fourth-order valence-corrected chi connectivity index (χ4v) is 8.28. The second kappa shape index (κ2) is 19.2. The number of aryl methyl sites for hydroxylation is 2. The van der Waals surface area contributed by atoms with E-state index in [-0.39, 0.29) is 31.2 Å². The Kier molecular flexibility index (Phi) is 10.2. The number of benzene rings is 7. The van der Waals surface area contributed by atoms with E-state index in [1.165, 1.54) is 12.3 Å². The Balaban J connectivity index is 0.000000268. The van der Waals surface area contributed by atoms with E-state index >= 15 is 0 Å². The Morgan fingerprint density at radius 2 is 1.38 bits per heavy atom. The SMILES string of the molecule is [2H]C([2H])([2H])c1c[c-]c(-c2ccc(C([2H])([2H])C(C)(C)C)cn2)cc1.[2H]C([2H])([2H])c1cccc2c1oc1c(-c3nc4ccccc4n3-c3c(C([2H])(C)C)cc(-c4ccc(-c5ccccc5)cc4)cc3C([2H])(C)C)[c-]ccc12.[Ir]. The zero-order valence-corrected chi connectivity index (χ0v) is 40.5. The van der Waals surface area contributed by atoms with Gasteiger partial charge in [0.05, 0.1) is 22.4 Å². The van der Waals surface area contributed by atoms with Crippen molar-refractivity contribution in [3.8, 4) is 50.6 Å². The monoisotopic (exact) mass is 1050 g/mol. The van der Waals surface area contributed by atoms with Gasteiger partial charge in [-0.15, -0.1) is 53.6 Å². The Morgan fingerprint density at radius 1 is 0.697 bits per heavy atom. The minimum Gasteiger partial charge on any atom is -0.500 e. The summed E-state index contributed by atoms with van der Waals surface area (Å²) >= 11 is 0.